The minimum Gasteiger partial charge on any atom is -0.493 e. The lowest BCUT2D eigenvalue weighted by atomic mass is 10.2. The Morgan fingerprint density at radius 1 is 1.50 bits per heavy atom. The van der Waals surface area contributed by atoms with Gasteiger partial charge in [-0.3, -0.25) is 4.98 Å². The molecule has 1 aromatic heterocycles. The average Bonchev–Trinajstić information content (AvgIpc) is 2.18. The van der Waals surface area contributed by atoms with E-state index in [1.54, 1.807) is 13.3 Å². The summed E-state index contributed by atoms with van der Waals surface area (Å²) in [5.41, 5.74) is 0.773. The molecular formula is C10H7BrClNO. The number of fused-ring (bicyclic) bond motifs is 1. The molecule has 1 aromatic carbocycles. The Kier molecular flexibility index (Phi) is 2.61. The Labute approximate surface area is 95.0 Å². The van der Waals surface area contributed by atoms with E-state index in [-0.39, 0.29) is 0 Å². The van der Waals surface area contributed by atoms with Gasteiger partial charge in [-0.2, -0.15) is 0 Å². The molecule has 0 aliphatic carbocycles. The summed E-state index contributed by atoms with van der Waals surface area (Å²) in [6.07, 6.45) is 1.72. The fraction of sp³-hybridized carbons (Fsp3) is 0.100. The van der Waals surface area contributed by atoms with Crippen molar-refractivity contribution in [3.8, 4) is 5.75 Å². The highest BCUT2D eigenvalue weighted by molar-refractivity contribution is 9.10. The largest absolute Gasteiger partial charge is 0.493 e. The number of methoxy groups -OCH3 is 1. The lowest BCUT2D eigenvalue weighted by Crippen LogP contribution is -1.89. The van der Waals surface area contributed by atoms with E-state index in [0.29, 0.717) is 10.8 Å². The smallest absolute Gasteiger partial charge is 0.163 e. The SMILES string of the molecule is COc1c(Cl)cc(Br)c2cccnc12. The Morgan fingerprint density at radius 3 is 3.00 bits per heavy atom. The minimum atomic E-state index is 0.561. The normalized spacial score (nSPS) is 10.5. The molecule has 72 valence electrons. The van der Waals surface area contributed by atoms with Crippen LogP contribution in [0.4, 0.5) is 0 Å². The highest BCUT2D eigenvalue weighted by Crippen LogP contribution is 2.36. The zero-order valence-electron chi connectivity index (χ0n) is 7.42. The van der Waals surface area contributed by atoms with E-state index in [4.69, 9.17) is 16.3 Å². The molecule has 2 aromatic rings. The highest BCUT2D eigenvalue weighted by Gasteiger charge is 2.10. The third kappa shape index (κ3) is 1.47. The van der Waals surface area contributed by atoms with Gasteiger partial charge in [0.1, 0.15) is 5.52 Å². The molecule has 0 aliphatic rings. The molecule has 0 radical (unpaired) electrons. The molecule has 2 rings (SSSR count). The third-order valence-corrected chi connectivity index (χ3v) is 2.89. The molecule has 0 saturated carbocycles. The van der Waals surface area contributed by atoms with Crippen molar-refractivity contribution in [2.24, 2.45) is 0 Å². The first-order valence-corrected chi connectivity index (χ1v) is 5.18. The van der Waals surface area contributed by atoms with Crippen molar-refractivity contribution < 1.29 is 4.74 Å². The Hall–Kier alpha value is -0.800. The summed E-state index contributed by atoms with van der Waals surface area (Å²) in [6.45, 7) is 0. The maximum absolute atomic E-state index is 6.01. The fourth-order valence-corrected chi connectivity index (χ4v) is 2.30. The quantitative estimate of drug-likeness (QED) is 0.790. The Balaban J connectivity index is 2.90. The van der Waals surface area contributed by atoms with Crippen LogP contribution in [-0.4, -0.2) is 12.1 Å². The van der Waals surface area contributed by atoms with E-state index in [1.807, 2.05) is 18.2 Å². The molecule has 0 bridgehead atoms. The van der Waals surface area contributed by atoms with Gasteiger partial charge >= 0.3 is 0 Å². The molecule has 0 atom stereocenters. The summed E-state index contributed by atoms with van der Waals surface area (Å²) in [6, 6.07) is 5.65. The van der Waals surface area contributed by atoms with Gasteiger partial charge < -0.3 is 4.74 Å². The molecule has 0 fully saturated rings. The monoisotopic (exact) mass is 271 g/mol. The van der Waals surface area contributed by atoms with Crippen molar-refractivity contribution in [3.63, 3.8) is 0 Å². The van der Waals surface area contributed by atoms with Crippen molar-refractivity contribution in [1.29, 1.82) is 0 Å². The molecule has 0 N–H and O–H groups in total. The molecule has 0 unspecified atom stereocenters. The lowest BCUT2D eigenvalue weighted by molar-refractivity contribution is 0.419. The van der Waals surface area contributed by atoms with Gasteiger partial charge in [-0.15, -0.1) is 0 Å². The Bertz CT molecular complexity index is 487. The van der Waals surface area contributed by atoms with E-state index in [2.05, 4.69) is 20.9 Å². The van der Waals surface area contributed by atoms with Gasteiger partial charge in [0.2, 0.25) is 0 Å². The van der Waals surface area contributed by atoms with Gasteiger partial charge in [-0.1, -0.05) is 33.6 Å². The molecular weight excluding hydrogens is 265 g/mol. The van der Waals surface area contributed by atoms with E-state index in [9.17, 15) is 0 Å². The summed E-state index contributed by atoms with van der Waals surface area (Å²) in [4.78, 5) is 4.23. The summed E-state index contributed by atoms with van der Waals surface area (Å²) < 4.78 is 6.12. The number of ether oxygens (including phenoxy) is 1. The first-order chi connectivity index (χ1) is 6.74. The Morgan fingerprint density at radius 2 is 2.29 bits per heavy atom. The maximum Gasteiger partial charge on any atom is 0.163 e. The second kappa shape index (κ2) is 3.75. The molecule has 4 heteroatoms. The van der Waals surface area contributed by atoms with E-state index >= 15 is 0 Å². The van der Waals surface area contributed by atoms with Crippen LogP contribution in [0, 0.1) is 0 Å². The topological polar surface area (TPSA) is 22.1 Å². The van der Waals surface area contributed by atoms with Crippen molar-refractivity contribution >= 4 is 38.4 Å². The zero-order chi connectivity index (χ0) is 10.1. The van der Waals surface area contributed by atoms with E-state index in [1.165, 1.54) is 0 Å². The maximum atomic E-state index is 6.01. The first kappa shape index (κ1) is 9.74. The van der Waals surface area contributed by atoms with Gasteiger partial charge in [-0.25, -0.2) is 0 Å². The van der Waals surface area contributed by atoms with Crippen molar-refractivity contribution in [2.45, 2.75) is 0 Å². The van der Waals surface area contributed by atoms with Crippen LogP contribution in [0.25, 0.3) is 10.9 Å². The number of benzene rings is 1. The predicted octanol–water partition coefficient (Wildman–Crippen LogP) is 3.66. The number of nitrogens with zero attached hydrogens (tertiary/aromatic N) is 1. The van der Waals surface area contributed by atoms with Gasteiger partial charge in [0.15, 0.2) is 5.75 Å². The van der Waals surface area contributed by atoms with E-state index < -0.39 is 0 Å². The van der Waals surface area contributed by atoms with Crippen LogP contribution < -0.4 is 4.74 Å². The average molecular weight is 273 g/mol. The highest BCUT2D eigenvalue weighted by atomic mass is 79.9. The lowest BCUT2D eigenvalue weighted by Gasteiger charge is -2.07. The van der Waals surface area contributed by atoms with Gasteiger partial charge in [-0.05, 0) is 12.1 Å². The van der Waals surface area contributed by atoms with Crippen molar-refractivity contribution in [2.75, 3.05) is 7.11 Å². The van der Waals surface area contributed by atoms with Gasteiger partial charge in [0.25, 0.3) is 0 Å². The number of halogens is 2. The van der Waals surface area contributed by atoms with Crippen LogP contribution in [0.2, 0.25) is 5.02 Å². The number of hydrogen-bond acceptors (Lipinski definition) is 2. The van der Waals surface area contributed by atoms with E-state index in [0.717, 1.165) is 15.4 Å². The number of pyridine rings is 1. The van der Waals surface area contributed by atoms with Crippen LogP contribution in [0.15, 0.2) is 28.9 Å². The van der Waals surface area contributed by atoms with Gasteiger partial charge in [0.05, 0.1) is 12.1 Å². The molecule has 0 aliphatic heterocycles. The van der Waals surface area contributed by atoms with Crippen LogP contribution in [0.1, 0.15) is 0 Å². The molecule has 1 heterocycles. The van der Waals surface area contributed by atoms with Gasteiger partial charge in [0, 0.05) is 16.1 Å². The second-order valence-electron chi connectivity index (χ2n) is 2.77. The van der Waals surface area contributed by atoms with Crippen LogP contribution in [-0.2, 0) is 0 Å². The fourth-order valence-electron chi connectivity index (χ4n) is 1.34. The zero-order valence-corrected chi connectivity index (χ0v) is 9.76. The standard InChI is InChI=1S/C10H7BrClNO/c1-14-10-8(12)5-7(11)6-3-2-4-13-9(6)10/h2-5H,1H3. The van der Waals surface area contributed by atoms with Crippen LogP contribution >= 0.6 is 27.5 Å². The summed E-state index contributed by atoms with van der Waals surface area (Å²) in [5, 5.41) is 1.55. The molecule has 2 nitrogen and oxygen atoms in total. The summed E-state index contributed by atoms with van der Waals surface area (Å²) in [5.74, 6) is 0.616. The first-order valence-electron chi connectivity index (χ1n) is 4.00. The number of rotatable bonds is 1. The predicted molar refractivity (Wildman–Crippen MR) is 61.0 cm³/mol. The number of hydrogen-bond donors (Lipinski definition) is 0. The number of aromatic nitrogens is 1. The molecule has 0 amide bonds. The molecule has 0 saturated heterocycles. The molecule has 0 spiro atoms. The van der Waals surface area contributed by atoms with Crippen molar-refractivity contribution in [1.82, 2.24) is 4.98 Å². The summed E-state index contributed by atoms with van der Waals surface area (Å²) in [7, 11) is 1.59. The van der Waals surface area contributed by atoms with Crippen LogP contribution in [0.3, 0.4) is 0 Å². The second-order valence-corrected chi connectivity index (χ2v) is 4.03. The van der Waals surface area contributed by atoms with Crippen molar-refractivity contribution in [3.05, 3.63) is 33.9 Å². The van der Waals surface area contributed by atoms with Crippen LogP contribution in [0.5, 0.6) is 5.75 Å². The molecule has 14 heavy (non-hydrogen) atoms. The third-order valence-electron chi connectivity index (χ3n) is 1.95. The minimum absolute atomic E-state index is 0.561. The summed E-state index contributed by atoms with van der Waals surface area (Å²) >= 11 is 9.44.